The minimum Gasteiger partial charge on any atom is -0.490 e. The van der Waals surface area contributed by atoms with E-state index in [0.717, 1.165) is 94.9 Å². The van der Waals surface area contributed by atoms with Crippen LogP contribution >= 0.6 is 11.6 Å². The summed E-state index contributed by atoms with van der Waals surface area (Å²) in [5.41, 5.74) is 3.08. The lowest BCUT2D eigenvalue weighted by molar-refractivity contribution is -0.125. The van der Waals surface area contributed by atoms with E-state index in [2.05, 4.69) is 46.7 Å². The Kier molecular flexibility index (Phi) is 11.1. The van der Waals surface area contributed by atoms with Crippen molar-refractivity contribution in [1.29, 1.82) is 0 Å². The van der Waals surface area contributed by atoms with E-state index in [1.165, 1.54) is 0 Å². The van der Waals surface area contributed by atoms with Crippen molar-refractivity contribution >= 4 is 52.6 Å². The Balaban J connectivity index is 0.753. The van der Waals surface area contributed by atoms with Crippen LogP contribution in [0.2, 0.25) is 5.02 Å². The lowest BCUT2D eigenvalue weighted by Gasteiger charge is -2.39. The average molecular weight is 792 g/mol. The summed E-state index contributed by atoms with van der Waals surface area (Å²) in [7, 11) is 0. The lowest BCUT2D eigenvalue weighted by Crippen LogP contribution is -2.51. The molecule has 8 rings (SSSR count). The number of nitrogens with one attached hydrogen (secondary N) is 2. The van der Waals surface area contributed by atoms with Gasteiger partial charge >= 0.3 is 0 Å². The van der Waals surface area contributed by atoms with Gasteiger partial charge in [-0.2, -0.15) is 0 Å². The first-order valence-electron chi connectivity index (χ1n) is 19.8. The topological polar surface area (TPSA) is 145 Å². The molecule has 5 heterocycles. The smallest absolute Gasteiger partial charge is 0.262 e. The molecule has 14 nitrogen and oxygen atoms in total. The Hall–Kier alpha value is -5.52. The third kappa shape index (κ3) is 8.31. The molecular formula is C42H46ClN9O5. The fraction of sp³-hybridized carbons (Fsp3) is 0.452. The molecular weight excluding hydrogens is 746 g/mol. The summed E-state index contributed by atoms with van der Waals surface area (Å²) in [5.74, 6) is 0.501. The molecule has 5 aliphatic rings. The van der Waals surface area contributed by atoms with Gasteiger partial charge in [-0.15, -0.1) is 0 Å². The van der Waals surface area contributed by atoms with Gasteiger partial charge in [0.2, 0.25) is 17.5 Å². The van der Waals surface area contributed by atoms with Crippen LogP contribution in [0.15, 0.2) is 61.1 Å². The van der Waals surface area contributed by atoms with Gasteiger partial charge < -0.3 is 25.2 Å². The van der Waals surface area contributed by atoms with Crippen molar-refractivity contribution in [3.05, 3.63) is 94.2 Å². The van der Waals surface area contributed by atoms with Crippen LogP contribution in [0.5, 0.6) is 5.75 Å². The van der Waals surface area contributed by atoms with Crippen LogP contribution in [-0.2, 0) is 4.79 Å². The number of piperazine rings is 1. The molecule has 1 saturated carbocycles. The first kappa shape index (κ1) is 38.4. The van der Waals surface area contributed by atoms with Gasteiger partial charge in [-0.05, 0) is 87.6 Å². The number of halogens is 1. The highest BCUT2D eigenvalue weighted by Gasteiger charge is 2.44. The molecule has 1 aliphatic carbocycles. The molecule has 296 valence electrons. The van der Waals surface area contributed by atoms with Crippen molar-refractivity contribution in [2.45, 2.75) is 69.6 Å². The summed E-state index contributed by atoms with van der Waals surface area (Å²) in [4.78, 5) is 72.7. The molecule has 57 heavy (non-hydrogen) atoms. The molecule has 4 fully saturated rings. The van der Waals surface area contributed by atoms with Gasteiger partial charge in [0, 0.05) is 75.6 Å². The van der Waals surface area contributed by atoms with Gasteiger partial charge in [0.05, 0.1) is 34.4 Å². The molecule has 1 unspecified atom stereocenters. The largest absolute Gasteiger partial charge is 0.490 e. The highest BCUT2D eigenvalue weighted by molar-refractivity contribution is 6.33. The normalized spacial score (nSPS) is 23.2. The number of piperidine rings is 2. The average Bonchev–Trinajstić information content (AvgIpc) is 3.47. The molecule has 4 amide bonds. The summed E-state index contributed by atoms with van der Waals surface area (Å²) in [6.45, 7) is 17.1. The van der Waals surface area contributed by atoms with Crippen LogP contribution in [0, 0.1) is 12.5 Å². The second kappa shape index (κ2) is 16.5. The van der Waals surface area contributed by atoms with Crippen molar-refractivity contribution in [3.63, 3.8) is 0 Å². The van der Waals surface area contributed by atoms with Crippen LogP contribution in [0.4, 0.5) is 17.3 Å². The Morgan fingerprint density at radius 3 is 2.30 bits per heavy atom. The van der Waals surface area contributed by atoms with Crippen molar-refractivity contribution < 1.29 is 23.9 Å². The van der Waals surface area contributed by atoms with Crippen LogP contribution in [0.3, 0.4) is 0 Å². The van der Waals surface area contributed by atoms with E-state index in [1.54, 1.807) is 36.7 Å². The molecule has 0 spiro atoms. The number of nitrogens with zero attached hydrogens (tertiary/aromatic N) is 7. The molecule has 1 atom stereocenters. The predicted molar refractivity (Wildman–Crippen MR) is 215 cm³/mol. The number of carbonyl (C=O) groups excluding carboxylic acids is 4. The number of anilines is 2. The zero-order chi connectivity index (χ0) is 39.6. The number of carbonyl (C=O) groups is 4. The fourth-order valence-corrected chi connectivity index (χ4v) is 8.86. The summed E-state index contributed by atoms with van der Waals surface area (Å²) >= 11 is 6.16. The number of fused-ring (bicyclic) bond motifs is 1. The van der Waals surface area contributed by atoms with Gasteiger partial charge in [-0.1, -0.05) is 24.2 Å². The Morgan fingerprint density at radius 1 is 0.895 bits per heavy atom. The summed E-state index contributed by atoms with van der Waals surface area (Å²) in [5, 5.41) is 6.20. The molecule has 0 bridgehead atoms. The highest BCUT2D eigenvalue weighted by Crippen LogP contribution is 2.33. The number of allylic oxidation sites excluding steroid dienone is 1. The van der Waals surface area contributed by atoms with Gasteiger partial charge in [0.1, 0.15) is 11.8 Å². The summed E-state index contributed by atoms with van der Waals surface area (Å²) < 4.78 is 6.09. The maximum absolute atomic E-state index is 13.4. The van der Waals surface area contributed by atoms with E-state index >= 15 is 0 Å². The minimum absolute atomic E-state index is 0.0318. The molecule has 2 N–H and O–H groups in total. The zero-order valence-corrected chi connectivity index (χ0v) is 32.5. The van der Waals surface area contributed by atoms with Crippen LogP contribution < -0.4 is 25.2 Å². The molecule has 3 saturated heterocycles. The first-order valence-corrected chi connectivity index (χ1v) is 20.2. The maximum atomic E-state index is 13.4. The molecule has 0 radical (unpaired) electrons. The number of ether oxygens (including phenoxy) is 1. The second-order valence-corrected chi connectivity index (χ2v) is 16.0. The molecule has 4 aliphatic heterocycles. The Labute approximate surface area is 337 Å². The molecule has 1 aromatic heterocycles. The number of hydrogen-bond acceptors (Lipinski definition) is 10. The SMILES string of the molecule is [C-]#[N+]c1ccc(OC2CCC(NC(=O)c3cnc(N4CCC(CN5CCN(c6ccc7c(c6)C(=O)N(C6CCC(=C)NC6=O)C7=O)CC5)CC4)nc3)CC2)cc1Cl. The van der Waals surface area contributed by atoms with E-state index < -0.39 is 17.9 Å². The van der Waals surface area contributed by atoms with Crippen molar-refractivity contribution in [3.8, 4) is 5.75 Å². The minimum atomic E-state index is -0.817. The van der Waals surface area contributed by atoms with Gasteiger partial charge in [0.25, 0.3) is 17.7 Å². The third-order valence-corrected chi connectivity index (χ3v) is 12.2. The van der Waals surface area contributed by atoms with Crippen LogP contribution in [0.1, 0.15) is 82.4 Å². The van der Waals surface area contributed by atoms with Crippen molar-refractivity contribution in [2.75, 3.05) is 55.6 Å². The molecule has 15 heteroatoms. The zero-order valence-electron chi connectivity index (χ0n) is 31.8. The fourth-order valence-electron chi connectivity index (χ4n) is 8.64. The summed E-state index contributed by atoms with van der Waals surface area (Å²) in [6, 6.07) is 9.79. The summed E-state index contributed by atoms with van der Waals surface area (Å²) in [6.07, 6.45) is 9.45. The number of aromatic nitrogens is 2. The van der Waals surface area contributed by atoms with Gasteiger partial charge in [-0.3, -0.25) is 29.0 Å². The van der Waals surface area contributed by atoms with Crippen LogP contribution in [-0.4, -0.2) is 107 Å². The number of amides is 4. The Bertz CT molecular complexity index is 2100. The van der Waals surface area contributed by atoms with E-state index in [1.807, 2.05) is 12.1 Å². The quantitative estimate of drug-likeness (QED) is 0.219. The maximum Gasteiger partial charge on any atom is 0.262 e. The van der Waals surface area contributed by atoms with E-state index in [9.17, 15) is 19.2 Å². The number of rotatable bonds is 9. The predicted octanol–water partition coefficient (Wildman–Crippen LogP) is 5.23. The van der Waals surface area contributed by atoms with Crippen molar-refractivity contribution in [1.82, 2.24) is 30.4 Å². The van der Waals surface area contributed by atoms with Crippen molar-refractivity contribution in [2.24, 2.45) is 5.92 Å². The number of hydrogen-bond donors (Lipinski definition) is 2. The number of imide groups is 1. The molecule has 2 aromatic carbocycles. The second-order valence-electron chi connectivity index (χ2n) is 15.6. The third-order valence-electron chi connectivity index (χ3n) is 11.9. The molecule has 3 aromatic rings. The first-order chi connectivity index (χ1) is 27.6. The van der Waals surface area contributed by atoms with E-state index in [0.29, 0.717) is 63.6 Å². The van der Waals surface area contributed by atoms with Crippen LogP contribution in [0.25, 0.3) is 4.85 Å². The van der Waals surface area contributed by atoms with Gasteiger partial charge in [-0.25, -0.2) is 14.8 Å². The van der Waals surface area contributed by atoms with E-state index in [-0.39, 0.29) is 24.0 Å². The standard InChI is InChI=1S/C42H46ClN9O5/c1-26-3-12-37(39(54)47-26)52-40(55)33-10-6-30(21-34(33)41(52)56)50-19-17-49(18-20-50)25-27-13-15-51(16-14-27)42-45-23-28(24-46-42)38(53)48-29-4-7-31(8-5-29)57-32-9-11-36(44-2)35(43)22-32/h6,9-11,21-24,27,29,31,37H,1,3-5,7-8,12-20,25H2,(H,47,54)(H,48,53). The highest BCUT2D eigenvalue weighted by atomic mass is 35.5. The Morgan fingerprint density at radius 2 is 1.61 bits per heavy atom. The number of benzene rings is 2. The van der Waals surface area contributed by atoms with Gasteiger partial charge in [0.15, 0.2) is 0 Å². The lowest BCUT2D eigenvalue weighted by atomic mass is 9.92. The van der Waals surface area contributed by atoms with E-state index in [4.69, 9.17) is 22.9 Å². The monoisotopic (exact) mass is 791 g/mol.